The highest BCUT2D eigenvalue weighted by Gasteiger charge is 2.19. The number of fused-ring (bicyclic) bond motifs is 2. The van der Waals surface area contributed by atoms with Gasteiger partial charge >= 0.3 is 0 Å². The maximum atomic E-state index is 13.0. The zero-order chi connectivity index (χ0) is 26.8. The SMILES string of the molecule is COc1ccc(Cn2nnnc2CN(Cc2ccc3c(c2)OCO3)Cc2cc3cc(C)ccc3[nH]c2=O)cc1. The summed E-state index contributed by atoms with van der Waals surface area (Å²) in [5, 5.41) is 13.5. The number of benzene rings is 3. The van der Waals surface area contributed by atoms with Gasteiger partial charge in [-0.05, 0) is 76.3 Å². The number of rotatable bonds is 9. The van der Waals surface area contributed by atoms with Crippen LogP contribution in [0.3, 0.4) is 0 Å². The minimum Gasteiger partial charge on any atom is -0.497 e. The average Bonchev–Trinajstić information content (AvgIpc) is 3.59. The summed E-state index contributed by atoms with van der Waals surface area (Å²) in [6.07, 6.45) is 0. The Hall–Kier alpha value is -4.70. The second kappa shape index (κ2) is 10.6. The summed E-state index contributed by atoms with van der Waals surface area (Å²) < 4.78 is 18.1. The number of hydrogen-bond donors (Lipinski definition) is 1. The molecule has 0 amide bonds. The van der Waals surface area contributed by atoms with Crippen molar-refractivity contribution < 1.29 is 14.2 Å². The Bertz CT molecular complexity index is 1680. The van der Waals surface area contributed by atoms with E-state index in [9.17, 15) is 4.79 Å². The number of nitrogens with one attached hydrogen (secondary N) is 1. The van der Waals surface area contributed by atoms with Crippen molar-refractivity contribution in [2.24, 2.45) is 0 Å². The van der Waals surface area contributed by atoms with Crippen LogP contribution in [0, 0.1) is 6.92 Å². The lowest BCUT2D eigenvalue weighted by Gasteiger charge is -2.22. The minimum atomic E-state index is -0.111. The van der Waals surface area contributed by atoms with Crippen LogP contribution in [0.1, 0.15) is 28.1 Å². The maximum Gasteiger partial charge on any atom is 0.252 e. The number of aromatic amines is 1. The van der Waals surface area contributed by atoms with Crippen LogP contribution in [0.4, 0.5) is 0 Å². The van der Waals surface area contributed by atoms with E-state index in [0.29, 0.717) is 37.6 Å². The van der Waals surface area contributed by atoms with Gasteiger partial charge in [0.25, 0.3) is 5.56 Å². The first kappa shape index (κ1) is 24.6. The van der Waals surface area contributed by atoms with Crippen molar-refractivity contribution in [3.8, 4) is 17.2 Å². The molecule has 3 heterocycles. The maximum absolute atomic E-state index is 13.0. The number of nitrogens with zero attached hydrogens (tertiary/aromatic N) is 5. The van der Waals surface area contributed by atoms with Crippen LogP contribution in [0.15, 0.2) is 71.5 Å². The predicted molar refractivity (Wildman–Crippen MR) is 145 cm³/mol. The number of H-pyrrole nitrogens is 1. The van der Waals surface area contributed by atoms with Gasteiger partial charge in [0.15, 0.2) is 17.3 Å². The van der Waals surface area contributed by atoms with Crippen LogP contribution in [0.25, 0.3) is 10.9 Å². The molecule has 0 atom stereocenters. The first-order valence-corrected chi connectivity index (χ1v) is 12.7. The normalized spacial score (nSPS) is 12.4. The van der Waals surface area contributed by atoms with Gasteiger partial charge in [0.1, 0.15) is 5.75 Å². The van der Waals surface area contributed by atoms with E-state index in [-0.39, 0.29) is 12.4 Å². The molecule has 2 aromatic heterocycles. The van der Waals surface area contributed by atoms with E-state index < -0.39 is 0 Å². The smallest absolute Gasteiger partial charge is 0.252 e. The zero-order valence-electron chi connectivity index (χ0n) is 21.8. The third kappa shape index (κ3) is 5.46. The first-order chi connectivity index (χ1) is 19.0. The fraction of sp³-hybridized carbons (Fsp3) is 0.241. The third-order valence-corrected chi connectivity index (χ3v) is 6.78. The number of ether oxygens (including phenoxy) is 3. The summed E-state index contributed by atoms with van der Waals surface area (Å²) in [6, 6.07) is 21.7. The molecule has 10 nitrogen and oxygen atoms in total. The van der Waals surface area contributed by atoms with Crippen LogP contribution < -0.4 is 19.8 Å². The van der Waals surface area contributed by atoms with Gasteiger partial charge in [0.05, 0.1) is 20.2 Å². The van der Waals surface area contributed by atoms with Crippen LogP contribution in [0.5, 0.6) is 17.2 Å². The average molecular weight is 525 g/mol. The predicted octanol–water partition coefficient (Wildman–Crippen LogP) is 3.81. The standard InChI is InChI=1S/C29H28N6O4/c1-19-3-9-25-22(11-19)13-23(29(36)30-25)16-34(14-21-6-10-26-27(12-21)39-18-38-26)17-28-31-32-33-35(28)15-20-4-7-24(37-2)8-5-20/h3-13H,14-18H2,1-2H3,(H,30,36). The molecule has 0 radical (unpaired) electrons. The van der Waals surface area contributed by atoms with Crippen molar-refractivity contribution in [3.63, 3.8) is 0 Å². The first-order valence-electron chi connectivity index (χ1n) is 12.7. The number of tetrazole rings is 1. The summed E-state index contributed by atoms with van der Waals surface area (Å²) in [4.78, 5) is 18.2. The van der Waals surface area contributed by atoms with E-state index in [1.54, 1.807) is 11.8 Å². The van der Waals surface area contributed by atoms with Crippen LogP contribution >= 0.6 is 0 Å². The highest BCUT2D eigenvalue weighted by atomic mass is 16.7. The fourth-order valence-electron chi connectivity index (χ4n) is 4.76. The van der Waals surface area contributed by atoms with Crippen molar-refractivity contribution in [2.75, 3.05) is 13.9 Å². The quantitative estimate of drug-likeness (QED) is 0.310. The molecule has 0 saturated carbocycles. The van der Waals surface area contributed by atoms with Crippen molar-refractivity contribution in [1.29, 1.82) is 0 Å². The van der Waals surface area contributed by atoms with Crippen LogP contribution in [-0.4, -0.2) is 44.0 Å². The molecule has 0 bridgehead atoms. The molecule has 1 N–H and O–H groups in total. The number of aryl methyl sites for hydroxylation is 1. The Balaban J connectivity index is 1.29. The molecule has 1 aliphatic heterocycles. The molecule has 5 aromatic rings. The molecule has 198 valence electrons. The van der Waals surface area contributed by atoms with Gasteiger partial charge in [-0.25, -0.2) is 4.68 Å². The van der Waals surface area contributed by atoms with Crippen molar-refractivity contribution in [1.82, 2.24) is 30.1 Å². The largest absolute Gasteiger partial charge is 0.497 e. The summed E-state index contributed by atoms with van der Waals surface area (Å²) >= 11 is 0. The highest BCUT2D eigenvalue weighted by Crippen LogP contribution is 2.33. The van der Waals surface area contributed by atoms with Crippen LogP contribution in [0.2, 0.25) is 0 Å². The van der Waals surface area contributed by atoms with Gasteiger partial charge in [-0.2, -0.15) is 0 Å². The van der Waals surface area contributed by atoms with Gasteiger partial charge in [-0.15, -0.1) is 5.10 Å². The number of methoxy groups -OCH3 is 1. The minimum absolute atomic E-state index is 0.111. The number of aromatic nitrogens is 5. The number of pyridine rings is 1. The summed E-state index contributed by atoms with van der Waals surface area (Å²) in [6.45, 7) is 4.16. The highest BCUT2D eigenvalue weighted by molar-refractivity contribution is 5.79. The second-order valence-corrected chi connectivity index (χ2v) is 9.65. The molecule has 1 aliphatic rings. The third-order valence-electron chi connectivity index (χ3n) is 6.78. The van der Waals surface area contributed by atoms with Gasteiger partial charge in [-0.1, -0.05) is 29.8 Å². The summed E-state index contributed by atoms with van der Waals surface area (Å²) in [5.74, 6) is 2.94. The van der Waals surface area contributed by atoms with E-state index in [1.807, 2.05) is 67.6 Å². The van der Waals surface area contributed by atoms with E-state index >= 15 is 0 Å². The molecule has 0 unspecified atom stereocenters. The molecular weight excluding hydrogens is 496 g/mol. The van der Waals surface area contributed by atoms with E-state index in [4.69, 9.17) is 14.2 Å². The lowest BCUT2D eigenvalue weighted by atomic mass is 10.1. The molecule has 0 aliphatic carbocycles. The molecule has 0 saturated heterocycles. The Kier molecular flexibility index (Phi) is 6.68. The summed E-state index contributed by atoms with van der Waals surface area (Å²) in [5.41, 5.74) is 4.59. The van der Waals surface area contributed by atoms with Crippen molar-refractivity contribution in [2.45, 2.75) is 33.1 Å². The van der Waals surface area contributed by atoms with Crippen molar-refractivity contribution in [3.05, 3.63) is 105 Å². The number of hydrogen-bond acceptors (Lipinski definition) is 8. The Morgan fingerprint density at radius 3 is 2.62 bits per heavy atom. The molecule has 0 spiro atoms. The lowest BCUT2D eigenvalue weighted by molar-refractivity contribution is 0.174. The molecular formula is C29H28N6O4. The zero-order valence-corrected chi connectivity index (χ0v) is 21.8. The monoisotopic (exact) mass is 524 g/mol. The molecule has 3 aromatic carbocycles. The van der Waals surface area contributed by atoms with E-state index in [2.05, 4.69) is 31.5 Å². The van der Waals surface area contributed by atoms with Crippen LogP contribution in [-0.2, 0) is 26.2 Å². The second-order valence-electron chi connectivity index (χ2n) is 9.65. The van der Waals surface area contributed by atoms with Gasteiger partial charge in [-0.3, -0.25) is 9.69 Å². The Labute approximate surface area is 224 Å². The van der Waals surface area contributed by atoms with E-state index in [1.165, 1.54) is 0 Å². The van der Waals surface area contributed by atoms with Gasteiger partial charge in [0, 0.05) is 24.2 Å². The van der Waals surface area contributed by atoms with Gasteiger partial charge < -0.3 is 19.2 Å². The molecule has 6 rings (SSSR count). The molecule has 10 heteroatoms. The lowest BCUT2D eigenvalue weighted by Crippen LogP contribution is -2.28. The fourth-order valence-corrected chi connectivity index (χ4v) is 4.76. The topological polar surface area (TPSA) is 107 Å². The molecule has 0 fully saturated rings. The Morgan fingerprint density at radius 2 is 1.77 bits per heavy atom. The van der Waals surface area contributed by atoms with Gasteiger partial charge in [0.2, 0.25) is 6.79 Å². The molecule has 39 heavy (non-hydrogen) atoms. The van der Waals surface area contributed by atoms with Crippen molar-refractivity contribution >= 4 is 10.9 Å². The Morgan fingerprint density at radius 1 is 0.949 bits per heavy atom. The summed E-state index contributed by atoms with van der Waals surface area (Å²) in [7, 11) is 1.64. The van der Waals surface area contributed by atoms with E-state index in [0.717, 1.165) is 44.8 Å².